The third-order valence-corrected chi connectivity index (χ3v) is 7.24. The van der Waals surface area contributed by atoms with E-state index in [2.05, 4.69) is 11.6 Å². The van der Waals surface area contributed by atoms with Gasteiger partial charge in [-0.1, -0.05) is 49.6 Å². The summed E-state index contributed by atoms with van der Waals surface area (Å²) in [4.78, 5) is 18.8. The Kier molecular flexibility index (Phi) is 9.04. The number of amidine groups is 1. The molecule has 0 aromatic heterocycles. The molecule has 9 heteroatoms. The van der Waals surface area contributed by atoms with Crippen LogP contribution in [0.15, 0.2) is 63.4 Å². The van der Waals surface area contributed by atoms with Gasteiger partial charge in [0, 0.05) is 44.3 Å². The average Bonchev–Trinajstić information content (AvgIpc) is 2.75. The van der Waals surface area contributed by atoms with Crippen LogP contribution in [-0.2, 0) is 0 Å². The molecule has 33 heavy (non-hydrogen) atoms. The summed E-state index contributed by atoms with van der Waals surface area (Å²) in [5.74, 6) is -5.74. The molecular weight excluding hydrogens is 472 g/mol. The number of carbonyl (C=O) groups excluding carboxylic acids is 1. The van der Waals surface area contributed by atoms with Crippen molar-refractivity contribution >= 4 is 34.6 Å². The van der Waals surface area contributed by atoms with Crippen molar-refractivity contribution < 1.29 is 22.4 Å². The lowest BCUT2D eigenvalue weighted by atomic mass is 9.88. The van der Waals surface area contributed by atoms with Gasteiger partial charge in [0.1, 0.15) is 0 Å². The van der Waals surface area contributed by atoms with E-state index in [-0.39, 0.29) is 22.6 Å². The molecule has 0 radical (unpaired) electrons. The largest absolute Gasteiger partial charge is 0.290 e. The van der Waals surface area contributed by atoms with Gasteiger partial charge < -0.3 is 0 Å². The number of nitrogens with zero attached hydrogens (tertiary/aromatic N) is 2. The molecule has 0 fully saturated rings. The van der Waals surface area contributed by atoms with Crippen molar-refractivity contribution in [3.8, 4) is 0 Å². The highest BCUT2D eigenvalue weighted by molar-refractivity contribution is 8.17. The van der Waals surface area contributed by atoms with Gasteiger partial charge in [-0.15, -0.1) is 11.8 Å². The summed E-state index contributed by atoms with van der Waals surface area (Å²) in [6, 6.07) is 5.38. The van der Waals surface area contributed by atoms with Gasteiger partial charge in [-0.05, 0) is 29.9 Å². The van der Waals surface area contributed by atoms with Crippen molar-refractivity contribution in [2.24, 2.45) is 4.99 Å². The fourth-order valence-electron chi connectivity index (χ4n) is 3.15. The Balaban J connectivity index is 2.28. The summed E-state index contributed by atoms with van der Waals surface area (Å²) in [7, 11) is 2.91. The van der Waals surface area contributed by atoms with Crippen LogP contribution in [0.1, 0.15) is 49.0 Å². The van der Waals surface area contributed by atoms with E-state index in [1.165, 1.54) is 36.8 Å². The molecule has 1 aliphatic rings. The van der Waals surface area contributed by atoms with Crippen LogP contribution in [-0.4, -0.2) is 47.7 Å². The third-order valence-electron chi connectivity index (χ3n) is 5.06. The van der Waals surface area contributed by atoms with Crippen molar-refractivity contribution in [3.63, 3.8) is 0 Å². The second kappa shape index (κ2) is 11.0. The molecule has 0 spiro atoms. The minimum atomic E-state index is -3.11. The lowest BCUT2D eigenvalue weighted by Gasteiger charge is -2.23. The first-order valence-corrected chi connectivity index (χ1v) is 12.1. The van der Waals surface area contributed by atoms with Gasteiger partial charge in [0.05, 0.1) is 10.5 Å². The van der Waals surface area contributed by atoms with Crippen LogP contribution in [0.25, 0.3) is 0 Å². The number of aliphatic imine (C=N–C) groups is 1. The zero-order chi connectivity index (χ0) is 25.0. The van der Waals surface area contributed by atoms with Crippen LogP contribution < -0.4 is 0 Å². The zero-order valence-corrected chi connectivity index (χ0v) is 20.9. The minimum absolute atomic E-state index is 0.00143. The van der Waals surface area contributed by atoms with Gasteiger partial charge in [0.15, 0.2) is 5.17 Å². The molecule has 180 valence electrons. The first kappa shape index (κ1) is 27.2. The third kappa shape index (κ3) is 6.99. The maximum Gasteiger partial charge on any atom is 0.276 e. The van der Waals surface area contributed by atoms with Gasteiger partial charge in [-0.3, -0.25) is 14.7 Å². The summed E-state index contributed by atoms with van der Waals surface area (Å²) in [6.07, 6.45) is 5.19. The van der Waals surface area contributed by atoms with E-state index in [0.29, 0.717) is 29.5 Å². The number of hydrogen-bond donors (Lipinski definition) is 0. The molecule has 1 aromatic carbocycles. The van der Waals surface area contributed by atoms with Crippen molar-refractivity contribution in [2.45, 2.75) is 49.9 Å². The average molecular weight is 501 g/mol. The molecule has 0 bridgehead atoms. The lowest BCUT2D eigenvalue weighted by molar-refractivity contribution is 0.0666. The molecule has 1 atom stereocenters. The topological polar surface area (TPSA) is 32.7 Å². The monoisotopic (exact) mass is 500 g/mol. The Hall–Kier alpha value is -2.00. The molecule has 0 aliphatic heterocycles. The summed E-state index contributed by atoms with van der Waals surface area (Å²) < 4.78 is 54.2. The Morgan fingerprint density at radius 3 is 2.42 bits per heavy atom. The van der Waals surface area contributed by atoms with Crippen LogP contribution in [0.2, 0.25) is 0 Å². The minimum Gasteiger partial charge on any atom is -0.290 e. The number of thioether (sulfide) groups is 2. The standard InChI is InChI=1S/C24H28F4N2OS2/c1-7-32-20-14-17(16-8-11-18(12-9-16)24(4,27)28)10-13-19(20)21(31)30(6)22(29-5)33-15(2)23(3,25)26/h8,10-14,16H,2,7,9H2,1,3-6H3/b29-22-. The van der Waals surface area contributed by atoms with Crippen LogP contribution in [0.4, 0.5) is 17.6 Å². The molecule has 0 saturated heterocycles. The molecule has 1 unspecified atom stereocenters. The van der Waals surface area contributed by atoms with Crippen LogP contribution >= 0.6 is 23.5 Å². The number of halogens is 4. The summed E-state index contributed by atoms with van der Waals surface area (Å²) >= 11 is 2.13. The fourth-order valence-corrected chi connectivity index (χ4v) is 4.70. The maximum absolute atomic E-state index is 13.5. The number of rotatable bonds is 7. The van der Waals surface area contributed by atoms with Crippen LogP contribution in [0.3, 0.4) is 0 Å². The predicted molar refractivity (Wildman–Crippen MR) is 131 cm³/mol. The highest BCUT2D eigenvalue weighted by Crippen LogP contribution is 2.36. The Morgan fingerprint density at radius 1 is 1.27 bits per heavy atom. The molecule has 0 heterocycles. The lowest BCUT2D eigenvalue weighted by Crippen LogP contribution is -2.32. The molecule has 0 saturated carbocycles. The normalized spacial score (nSPS) is 17.1. The molecule has 1 amide bonds. The summed E-state index contributed by atoms with van der Waals surface area (Å²) in [5, 5.41) is 0.108. The van der Waals surface area contributed by atoms with E-state index < -0.39 is 16.8 Å². The molecule has 1 aliphatic carbocycles. The molecule has 0 N–H and O–H groups in total. The van der Waals surface area contributed by atoms with Crippen molar-refractivity contribution in [1.29, 1.82) is 0 Å². The number of benzene rings is 1. The number of alkyl halides is 4. The summed E-state index contributed by atoms with van der Waals surface area (Å²) in [6.45, 7) is 6.96. The fraction of sp³-hybridized carbons (Fsp3) is 0.417. The number of allylic oxidation sites excluding steroid dienone is 5. The number of hydrogen-bond acceptors (Lipinski definition) is 4. The van der Waals surface area contributed by atoms with E-state index in [9.17, 15) is 22.4 Å². The Morgan fingerprint density at radius 2 is 1.94 bits per heavy atom. The first-order chi connectivity index (χ1) is 15.3. The molecule has 1 aromatic rings. The van der Waals surface area contributed by atoms with Crippen LogP contribution in [0.5, 0.6) is 0 Å². The quantitative estimate of drug-likeness (QED) is 0.169. The smallest absolute Gasteiger partial charge is 0.276 e. The van der Waals surface area contributed by atoms with Gasteiger partial charge in [0.2, 0.25) is 0 Å². The Bertz CT molecular complexity index is 991. The van der Waals surface area contributed by atoms with Crippen LogP contribution in [0, 0.1) is 0 Å². The second-order valence-electron chi connectivity index (χ2n) is 7.72. The van der Waals surface area contributed by atoms with E-state index in [1.54, 1.807) is 24.3 Å². The predicted octanol–water partition coefficient (Wildman–Crippen LogP) is 7.38. The number of carbonyl (C=O) groups is 1. The van der Waals surface area contributed by atoms with Gasteiger partial charge in [-0.25, -0.2) is 17.6 Å². The van der Waals surface area contributed by atoms with Gasteiger partial charge in [0.25, 0.3) is 17.8 Å². The maximum atomic E-state index is 13.5. The van der Waals surface area contributed by atoms with Gasteiger partial charge >= 0.3 is 0 Å². The van der Waals surface area contributed by atoms with E-state index in [4.69, 9.17) is 0 Å². The SMILES string of the molecule is C=C(S/C(=N\C)N(C)C(=O)c1ccc(C2C=CC(C(C)(F)F)=CC2)cc1SCC)C(C)(F)F. The van der Waals surface area contributed by atoms with Crippen molar-refractivity contribution in [3.05, 3.63) is 64.6 Å². The zero-order valence-electron chi connectivity index (χ0n) is 19.3. The van der Waals surface area contributed by atoms with Crippen molar-refractivity contribution in [1.82, 2.24) is 4.90 Å². The molecule has 2 rings (SSSR count). The second-order valence-corrected chi connectivity index (χ2v) is 10.1. The van der Waals surface area contributed by atoms with E-state index >= 15 is 0 Å². The highest BCUT2D eigenvalue weighted by atomic mass is 32.2. The first-order valence-electron chi connectivity index (χ1n) is 10.3. The summed E-state index contributed by atoms with van der Waals surface area (Å²) in [5.41, 5.74) is 1.33. The molecule has 3 nitrogen and oxygen atoms in total. The Labute approximate surface area is 201 Å². The van der Waals surface area contributed by atoms with Crippen molar-refractivity contribution in [2.75, 3.05) is 19.8 Å². The van der Waals surface area contributed by atoms with Gasteiger partial charge in [-0.2, -0.15) is 0 Å². The highest BCUT2D eigenvalue weighted by Gasteiger charge is 2.31. The number of amides is 1. The van der Waals surface area contributed by atoms with E-state index in [0.717, 1.165) is 24.3 Å². The van der Waals surface area contributed by atoms with E-state index in [1.807, 2.05) is 13.0 Å². The molecular formula is C24H28F4N2OS2.